The van der Waals surface area contributed by atoms with E-state index >= 15 is 0 Å². The zero-order chi connectivity index (χ0) is 11.9. The van der Waals surface area contributed by atoms with Gasteiger partial charge >= 0.3 is 0 Å². The molecule has 2 heteroatoms. The van der Waals surface area contributed by atoms with E-state index in [2.05, 4.69) is 29.6 Å². The van der Waals surface area contributed by atoms with Gasteiger partial charge in [0, 0.05) is 13.2 Å². The Labute approximate surface area is 104 Å². The third-order valence-corrected chi connectivity index (χ3v) is 3.50. The van der Waals surface area contributed by atoms with Crippen molar-refractivity contribution in [2.24, 2.45) is 0 Å². The van der Waals surface area contributed by atoms with Gasteiger partial charge in [-0.1, -0.05) is 30.7 Å². The molecule has 0 aliphatic carbocycles. The van der Waals surface area contributed by atoms with Crippen molar-refractivity contribution in [3.63, 3.8) is 0 Å². The molecule has 0 aromatic heterocycles. The van der Waals surface area contributed by atoms with Crippen molar-refractivity contribution in [1.29, 1.82) is 0 Å². The van der Waals surface area contributed by atoms with Gasteiger partial charge in [-0.25, -0.2) is 0 Å². The smallest absolute Gasteiger partial charge is 0.0713 e. The zero-order valence-electron chi connectivity index (χ0n) is 10.7. The van der Waals surface area contributed by atoms with Crippen LogP contribution in [0, 0.1) is 0 Å². The molecular formula is C15H23NO. The van der Waals surface area contributed by atoms with Crippen LogP contribution in [0.4, 0.5) is 0 Å². The molecule has 1 aliphatic heterocycles. The lowest BCUT2D eigenvalue weighted by Gasteiger charge is -2.23. The van der Waals surface area contributed by atoms with Gasteiger partial charge in [0.25, 0.3) is 0 Å². The number of piperidine rings is 1. The van der Waals surface area contributed by atoms with Crippen molar-refractivity contribution in [1.82, 2.24) is 5.32 Å². The molecule has 1 aromatic carbocycles. The lowest BCUT2D eigenvalue weighted by Crippen LogP contribution is -2.34. The highest BCUT2D eigenvalue weighted by Crippen LogP contribution is 2.14. The first-order valence-corrected chi connectivity index (χ1v) is 6.68. The molecule has 1 fully saturated rings. The average molecular weight is 233 g/mol. The van der Waals surface area contributed by atoms with Gasteiger partial charge in [0.1, 0.15) is 0 Å². The second-order valence-corrected chi connectivity index (χ2v) is 4.94. The van der Waals surface area contributed by atoms with Crippen LogP contribution in [0.2, 0.25) is 0 Å². The molecule has 0 spiro atoms. The van der Waals surface area contributed by atoms with E-state index in [0.717, 1.165) is 12.6 Å². The summed E-state index contributed by atoms with van der Waals surface area (Å²) < 4.78 is 5.16. The number of hydrogen-bond donors (Lipinski definition) is 1. The minimum absolute atomic E-state index is 0.718. The molecule has 1 unspecified atom stereocenters. The number of nitrogens with one attached hydrogen (secondary N) is 1. The van der Waals surface area contributed by atoms with Gasteiger partial charge in [-0.05, 0) is 43.4 Å². The van der Waals surface area contributed by atoms with Gasteiger partial charge in [0.15, 0.2) is 0 Å². The van der Waals surface area contributed by atoms with Gasteiger partial charge in [-0.15, -0.1) is 0 Å². The van der Waals surface area contributed by atoms with Crippen LogP contribution in [-0.2, 0) is 17.8 Å². The third-order valence-electron chi connectivity index (χ3n) is 3.50. The van der Waals surface area contributed by atoms with Crippen LogP contribution >= 0.6 is 0 Å². The van der Waals surface area contributed by atoms with Crippen LogP contribution in [0.25, 0.3) is 0 Å². The molecule has 2 nitrogen and oxygen atoms in total. The summed E-state index contributed by atoms with van der Waals surface area (Å²) >= 11 is 0. The first kappa shape index (κ1) is 12.6. The maximum absolute atomic E-state index is 5.16. The second-order valence-electron chi connectivity index (χ2n) is 4.94. The SMILES string of the molecule is COCc1cccc(CCC2CCCCN2)c1. The Balaban J connectivity index is 1.83. The lowest BCUT2D eigenvalue weighted by molar-refractivity contribution is 0.185. The molecule has 1 aliphatic rings. The highest BCUT2D eigenvalue weighted by Gasteiger charge is 2.11. The highest BCUT2D eigenvalue weighted by molar-refractivity contribution is 5.23. The van der Waals surface area contributed by atoms with Crippen molar-refractivity contribution < 1.29 is 4.74 Å². The Bertz CT molecular complexity index is 331. The quantitative estimate of drug-likeness (QED) is 0.844. The summed E-state index contributed by atoms with van der Waals surface area (Å²) in [6, 6.07) is 9.49. The summed E-state index contributed by atoms with van der Waals surface area (Å²) in [7, 11) is 1.75. The molecule has 1 heterocycles. The van der Waals surface area contributed by atoms with Gasteiger partial charge in [-0.2, -0.15) is 0 Å². The molecule has 1 atom stereocenters. The van der Waals surface area contributed by atoms with Crippen LogP contribution in [-0.4, -0.2) is 19.7 Å². The zero-order valence-corrected chi connectivity index (χ0v) is 10.7. The molecule has 0 bridgehead atoms. The van der Waals surface area contributed by atoms with Crippen LogP contribution in [0.3, 0.4) is 0 Å². The summed E-state index contributed by atoms with van der Waals surface area (Å²) in [5, 5.41) is 3.60. The molecular weight excluding hydrogens is 210 g/mol. The summed E-state index contributed by atoms with van der Waals surface area (Å²) in [6.07, 6.45) is 6.52. The average Bonchev–Trinajstić information content (AvgIpc) is 2.39. The van der Waals surface area contributed by atoms with E-state index in [0.29, 0.717) is 0 Å². The monoisotopic (exact) mass is 233 g/mol. The van der Waals surface area contributed by atoms with Crippen molar-refractivity contribution in [2.75, 3.05) is 13.7 Å². The summed E-state index contributed by atoms with van der Waals surface area (Å²) in [5.74, 6) is 0. The molecule has 17 heavy (non-hydrogen) atoms. The number of hydrogen-bond acceptors (Lipinski definition) is 2. The van der Waals surface area contributed by atoms with E-state index < -0.39 is 0 Å². The molecule has 1 aromatic rings. The molecule has 0 radical (unpaired) electrons. The Kier molecular flexibility index (Phi) is 5.02. The fourth-order valence-corrected chi connectivity index (χ4v) is 2.55. The first-order valence-electron chi connectivity index (χ1n) is 6.68. The second kappa shape index (κ2) is 6.77. The Morgan fingerprint density at radius 2 is 2.18 bits per heavy atom. The van der Waals surface area contributed by atoms with Gasteiger partial charge in [0.2, 0.25) is 0 Å². The molecule has 2 rings (SSSR count). The number of methoxy groups -OCH3 is 1. The summed E-state index contributed by atoms with van der Waals surface area (Å²) in [4.78, 5) is 0. The molecule has 0 saturated carbocycles. The topological polar surface area (TPSA) is 21.3 Å². The molecule has 0 amide bonds. The number of ether oxygens (including phenoxy) is 1. The van der Waals surface area contributed by atoms with Crippen molar-refractivity contribution >= 4 is 0 Å². The van der Waals surface area contributed by atoms with Crippen LogP contribution in [0.1, 0.15) is 36.8 Å². The third kappa shape index (κ3) is 4.14. The predicted molar refractivity (Wildman–Crippen MR) is 71.1 cm³/mol. The lowest BCUT2D eigenvalue weighted by atomic mass is 9.97. The van der Waals surface area contributed by atoms with Gasteiger partial charge in [0.05, 0.1) is 6.61 Å². The normalized spacial score (nSPS) is 20.4. The van der Waals surface area contributed by atoms with E-state index in [4.69, 9.17) is 4.74 Å². The van der Waals surface area contributed by atoms with E-state index in [-0.39, 0.29) is 0 Å². The fraction of sp³-hybridized carbons (Fsp3) is 0.600. The summed E-state index contributed by atoms with van der Waals surface area (Å²) in [6.45, 7) is 1.92. The van der Waals surface area contributed by atoms with E-state index in [9.17, 15) is 0 Å². The Morgan fingerprint density at radius 1 is 1.29 bits per heavy atom. The Morgan fingerprint density at radius 3 is 2.94 bits per heavy atom. The van der Waals surface area contributed by atoms with Crippen molar-refractivity contribution in [2.45, 2.75) is 44.8 Å². The van der Waals surface area contributed by atoms with Crippen molar-refractivity contribution in [3.05, 3.63) is 35.4 Å². The van der Waals surface area contributed by atoms with Crippen LogP contribution < -0.4 is 5.32 Å². The number of rotatable bonds is 5. The van der Waals surface area contributed by atoms with Gasteiger partial charge < -0.3 is 10.1 Å². The van der Waals surface area contributed by atoms with E-state index in [1.54, 1.807) is 7.11 Å². The maximum Gasteiger partial charge on any atom is 0.0713 e. The minimum atomic E-state index is 0.718. The fourth-order valence-electron chi connectivity index (χ4n) is 2.55. The largest absolute Gasteiger partial charge is 0.380 e. The standard InChI is InChI=1S/C15H23NO/c1-17-12-14-6-4-5-13(11-14)8-9-15-7-2-3-10-16-15/h4-6,11,15-16H,2-3,7-10,12H2,1H3. The first-order chi connectivity index (χ1) is 8.38. The van der Waals surface area contributed by atoms with E-state index in [1.165, 1.54) is 49.8 Å². The minimum Gasteiger partial charge on any atom is -0.380 e. The number of benzene rings is 1. The molecule has 1 saturated heterocycles. The maximum atomic E-state index is 5.16. The van der Waals surface area contributed by atoms with Gasteiger partial charge in [-0.3, -0.25) is 0 Å². The van der Waals surface area contributed by atoms with Crippen LogP contribution in [0.5, 0.6) is 0 Å². The van der Waals surface area contributed by atoms with Crippen molar-refractivity contribution in [3.8, 4) is 0 Å². The molecule has 94 valence electrons. The molecule has 1 N–H and O–H groups in total. The summed E-state index contributed by atoms with van der Waals surface area (Å²) in [5.41, 5.74) is 2.72. The van der Waals surface area contributed by atoms with Crippen LogP contribution in [0.15, 0.2) is 24.3 Å². The highest BCUT2D eigenvalue weighted by atomic mass is 16.5. The Hall–Kier alpha value is -0.860. The number of aryl methyl sites for hydroxylation is 1. The predicted octanol–water partition coefficient (Wildman–Crippen LogP) is 2.91. The van der Waals surface area contributed by atoms with E-state index in [1.807, 2.05) is 0 Å².